The average Bonchev–Trinajstić information content (AvgIpc) is 3.21. The van der Waals surface area contributed by atoms with Gasteiger partial charge in [0, 0.05) is 74.8 Å². The topological polar surface area (TPSA) is 139 Å². The highest BCUT2D eigenvalue weighted by molar-refractivity contribution is 5.89. The first kappa shape index (κ1) is 36.6. The zero-order valence-electron chi connectivity index (χ0n) is 29.8. The van der Waals surface area contributed by atoms with Gasteiger partial charge in [0.25, 0.3) is 5.69 Å². The molecule has 54 heavy (non-hydrogen) atoms. The summed E-state index contributed by atoms with van der Waals surface area (Å²) in [5.74, 6) is 1.42. The summed E-state index contributed by atoms with van der Waals surface area (Å²) in [4.78, 5) is 28.0. The van der Waals surface area contributed by atoms with Gasteiger partial charge in [-0.3, -0.25) is 15.0 Å². The summed E-state index contributed by atoms with van der Waals surface area (Å²) >= 11 is 0. The highest BCUT2D eigenvalue weighted by atomic mass is 16.7. The minimum Gasteiger partial charge on any atom is -0.457 e. The number of anilines is 2. The molecule has 2 fully saturated rings. The van der Waals surface area contributed by atoms with Crippen LogP contribution in [0.25, 0.3) is 0 Å². The molecular weight excluding hydrogens is 686 g/mol. The Bertz CT molecular complexity index is 1970. The number of carbonyl (C=O) groups excluding carboxylic acids is 1. The summed E-state index contributed by atoms with van der Waals surface area (Å²) in [6, 6.07) is 38.8. The molecule has 0 radical (unpaired) electrons. The van der Waals surface area contributed by atoms with Crippen LogP contribution in [0, 0.1) is 10.1 Å². The molecule has 2 aliphatic heterocycles. The number of non-ortho nitro benzene ring substituents is 1. The van der Waals surface area contributed by atoms with Gasteiger partial charge < -0.3 is 34.9 Å². The maximum atomic E-state index is 12.7. The van der Waals surface area contributed by atoms with E-state index in [0.717, 1.165) is 66.4 Å². The van der Waals surface area contributed by atoms with Crippen molar-refractivity contribution in [3.05, 3.63) is 160 Å². The molecule has 0 aliphatic carbocycles. The second kappa shape index (κ2) is 17.4. The van der Waals surface area contributed by atoms with Crippen LogP contribution >= 0.6 is 0 Å². The molecule has 2 heterocycles. The Labute approximate surface area is 314 Å². The van der Waals surface area contributed by atoms with E-state index in [9.17, 15) is 20.0 Å². The van der Waals surface area contributed by atoms with Crippen molar-refractivity contribution in [2.45, 2.75) is 38.1 Å². The summed E-state index contributed by atoms with van der Waals surface area (Å²) in [5.41, 5.74) is 5.39. The van der Waals surface area contributed by atoms with Crippen molar-refractivity contribution in [1.82, 2.24) is 10.2 Å². The lowest BCUT2D eigenvalue weighted by Crippen LogP contribution is -2.49. The highest BCUT2D eigenvalue weighted by Crippen LogP contribution is 2.38. The normalized spacial score (nSPS) is 18.8. The Balaban J connectivity index is 0.941. The number of nitrogens with one attached hydrogen (secondary N) is 2. The van der Waals surface area contributed by atoms with Crippen LogP contribution in [0.3, 0.4) is 0 Å². The van der Waals surface area contributed by atoms with E-state index < -0.39 is 6.29 Å². The van der Waals surface area contributed by atoms with Crippen molar-refractivity contribution in [3.63, 3.8) is 0 Å². The van der Waals surface area contributed by atoms with Gasteiger partial charge >= 0.3 is 6.03 Å². The number of ether oxygens (including phenoxy) is 3. The van der Waals surface area contributed by atoms with Gasteiger partial charge in [0.05, 0.1) is 23.7 Å². The molecule has 12 nitrogen and oxygen atoms in total. The Morgan fingerprint density at radius 3 is 2.09 bits per heavy atom. The fraction of sp³-hybridized carbons (Fsp3) is 0.262. The lowest BCUT2D eigenvalue weighted by Gasteiger charge is -2.41. The maximum Gasteiger partial charge on any atom is 0.319 e. The lowest BCUT2D eigenvalue weighted by molar-refractivity contribution is -0.384. The first-order valence-corrected chi connectivity index (χ1v) is 18.1. The van der Waals surface area contributed by atoms with Crippen molar-refractivity contribution in [2.24, 2.45) is 0 Å². The number of piperazine rings is 1. The van der Waals surface area contributed by atoms with Gasteiger partial charge in [0.2, 0.25) is 0 Å². The Morgan fingerprint density at radius 1 is 0.778 bits per heavy atom. The van der Waals surface area contributed by atoms with Crippen LogP contribution in [0.4, 0.5) is 21.9 Å². The third kappa shape index (κ3) is 9.60. The van der Waals surface area contributed by atoms with E-state index in [1.54, 1.807) is 36.4 Å². The average molecular weight is 730 g/mol. The molecule has 7 rings (SSSR count). The van der Waals surface area contributed by atoms with Crippen molar-refractivity contribution < 1.29 is 29.0 Å². The number of nitro groups is 1. The zero-order valence-corrected chi connectivity index (χ0v) is 29.8. The summed E-state index contributed by atoms with van der Waals surface area (Å²) in [7, 11) is 0. The minimum atomic E-state index is -0.591. The van der Waals surface area contributed by atoms with Gasteiger partial charge in [-0.05, 0) is 65.2 Å². The number of nitro benzene ring substituents is 1. The number of amides is 2. The van der Waals surface area contributed by atoms with E-state index >= 15 is 0 Å². The summed E-state index contributed by atoms with van der Waals surface area (Å²) < 4.78 is 19.0. The van der Waals surface area contributed by atoms with Crippen molar-refractivity contribution in [3.8, 4) is 11.5 Å². The molecule has 5 aromatic rings. The summed E-state index contributed by atoms with van der Waals surface area (Å²) in [5, 5.41) is 26.4. The number of para-hydroxylation sites is 1. The number of nitrogens with zero attached hydrogens (tertiary/aromatic N) is 3. The largest absolute Gasteiger partial charge is 0.457 e. The number of hydrogen-bond donors (Lipinski definition) is 3. The third-order valence-electron chi connectivity index (χ3n) is 9.67. The second-order valence-corrected chi connectivity index (χ2v) is 13.4. The first-order valence-electron chi connectivity index (χ1n) is 18.1. The van der Waals surface area contributed by atoms with Gasteiger partial charge in [0.15, 0.2) is 6.29 Å². The van der Waals surface area contributed by atoms with Gasteiger partial charge in [0.1, 0.15) is 11.5 Å². The molecule has 12 heteroatoms. The fourth-order valence-electron chi connectivity index (χ4n) is 6.68. The van der Waals surface area contributed by atoms with Gasteiger partial charge in [-0.1, -0.05) is 66.7 Å². The molecule has 2 aliphatic rings. The highest BCUT2D eigenvalue weighted by Gasteiger charge is 2.34. The minimum absolute atomic E-state index is 0.0212. The van der Waals surface area contributed by atoms with Crippen molar-refractivity contribution in [1.29, 1.82) is 0 Å². The van der Waals surface area contributed by atoms with E-state index in [0.29, 0.717) is 24.4 Å². The number of benzene rings is 5. The quantitative estimate of drug-likeness (QED) is 0.0877. The Hall–Kier alpha value is -5.79. The summed E-state index contributed by atoms with van der Waals surface area (Å²) in [6.45, 7) is 4.33. The van der Waals surface area contributed by atoms with Crippen LogP contribution in [-0.2, 0) is 22.6 Å². The molecule has 3 atom stereocenters. The van der Waals surface area contributed by atoms with Crippen LogP contribution in [0.1, 0.15) is 41.1 Å². The van der Waals surface area contributed by atoms with E-state index in [4.69, 9.17) is 14.2 Å². The van der Waals surface area contributed by atoms with Crippen LogP contribution in [-0.4, -0.2) is 59.8 Å². The Kier molecular flexibility index (Phi) is 11.8. The number of hydrogen-bond acceptors (Lipinski definition) is 9. The van der Waals surface area contributed by atoms with E-state index in [-0.39, 0.29) is 35.5 Å². The standard InChI is InChI=1S/C42H43N5O7/c48-29-31-8-10-32(11-9-31)40-26-39(28-45-22-24-46(25-23-45)35-16-18-36(19-17-35)47(50)51)53-41(54-40)33-12-6-30(7-13-33)27-43-42(49)44-34-14-20-38(21-15-34)52-37-4-2-1-3-5-37/h1-21,39-41,48H,22-29H2,(H2,43,44,49)/t39-,40+,41+/m1/s1. The van der Waals surface area contributed by atoms with Crippen LogP contribution in [0.15, 0.2) is 127 Å². The van der Waals surface area contributed by atoms with E-state index in [1.807, 2.05) is 91.0 Å². The maximum absolute atomic E-state index is 12.7. The fourth-order valence-corrected chi connectivity index (χ4v) is 6.68. The van der Waals surface area contributed by atoms with Crippen LogP contribution in [0.2, 0.25) is 0 Å². The molecule has 278 valence electrons. The van der Waals surface area contributed by atoms with Gasteiger partial charge in [-0.15, -0.1) is 0 Å². The predicted molar refractivity (Wildman–Crippen MR) is 205 cm³/mol. The molecule has 0 saturated carbocycles. The van der Waals surface area contributed by atoms with Crippen LogP contribution < -0.4 is 20.3 Å². The molecule has 3 N–H and O–H groups in total. The number of carbonyl (C=O) groups is 1. The number of urea groups is 1. The molecular formula is C42H43N5O7. The molecule has 0 unspecified atom stereocenters. The number of aliphatic hydroxyl groups is 1. The molecule has 5 aromatic carbocycles. The Morgan fingerprint density at radius 2 is 1.43 bits per heavy atom. The van der Waals surface area contributed by atoms with Crippen molar-refractivity contribution in [2.75, 3.05) is 42.9 Å². The molecule has 0 spiro atoms. The van der Waals surface area contributed by atoms with E-state index in [2.05, 4.69) is 20.4 Å². The number of aliphatic hydroxyl groups excluding tert-OH is 1. The number of rotatable bonds is 12. The molecule has 0 aromatic heterocycles. The second-order valence-electron chi connectivity index (χ2n) is 13.4. The predicted octanol–water partition coefficient (Wildman–Crippen LogP) is 7.57. The molecule has 2 saturated heterocycles. The third-order valence-corrected chi connectivity index (χ3v) is 9.67. The zero-order chi connectivity index (χ0) is 37.3. The molecule has 2 amide bonds. The monoisotopic (exact) mass is 729 g/mol. The van der Waals surface area contributed by atoms with Crippen molar-refractivity contribution >= 4 is 23.1 Å². The SMILES string of the molecule is O=C(NCc1ccc([C@H]2O[C@@H](CN3CCN(c4ccc([N+](=O)[O-])cc4)CC3)C[C@@H](c3ccc(CO)cc3)O2)cc1)Nc1ccc(Oc2ccccc2)cc1. The first-order chi connectivity index (χ1) is 26.4. The lowest BCUT2D eigenvalue weighted by atomic mass is 9.99. The van der Waals surface area contributed by atoms with Crippen LogP contribution in [0.5, 0.6) is 11.5 Å². The van der Waals surface area contributed by atoms with Gasteiger partial charge in [-0.25, -0.2) is 4.79 Å². The smallest absolute Gasteiger partial charge is 0.319 e. The molecule has 0 bridgehead atoms. The van der Waals surface area contributed by atoms with Gasteiger partial charge in [-0.2, -0.15) is 0 Å². The summed E-state index contributed by atoms with van der Waals surface area (Å²) in [6.07, 6.45) is -0.211. The van der Waals surface area contributed by atoms with E-state index in [1.165, 1.54) is 0 Å².